The Morgan fingerprint density at radius 1 is 1.18 bits per heavy atom. The normalized spacial score (nSPS) is 13.3. The second kappa shape index (κ2) is 6.03. The third-order valence-corrected chi connectivity index (χ3v) is 3.25. The number of aromatic nitrogens is 2. The fourth-order valence-electron chi connectivity index (χ4n) is 1.99. The van der Waals surface area contributed by atoms with Crippen molar-refractivity contribution in [3.05, 3.63) is 46.5 Å². The molecule has 3 rings (SSSR count). The summed E-state index contributed by atoms with van der Waals surface area (Å²) in [4.78, 5) is 18.5. The van der Waals surface area contributed by atoms with Gasteiger partial charge in [-0.25, -0.2) is 14.8 Å². The minimum absolute atomic E-state index is 0.0603. The first kappa shape index (κ1) is 14.3. The molecule has 1 aliphatic rings. The standard InChI is InChI=1S/C15H11ClN2O4/c16-11-5-9(6-13-14(11)22-4-3-21-13)1-2-10-7-12(15(19)20)18-8-17-10/h1-2,5-8H,3-4H2,(H,19,20). The molecular formula is C15H11ClN2O4. The summed E-state index contributed by atoms with van der Waals surface area (Å²) in [5, 5.41) is 9.36. The first-order chi connectivity index (χ1) is 10.6. The summed E-state index contributed by atoms with van der Waals surface area (Å²) >= 11 is 6.15. The highest BCUT2D eigenvalue weighted by Crippen LogP contribution is 2.38. The Labute approximate surface area is 131 Å². The molecule has 0 fully saturated rings. The summed E-state index contributed by atoms with van der Waals surface area (Å²) in [6.07, 6.45) is 4.65. The molecule has 0 saturated heterocycles. The molecule has 2 aromatic rings. The van der Waals surface area contributed by atoms with Gasteiger partial charge in [0.15, 0.2) is 17.2 Å². The van der Waals surface area contributed by atoms with Crippen molar-refractivity contribution >= 4 is 29.7 Å². The number of nitrogens with zero attached hydrogens (tertiary/aromatic N) is 2. The predicted octanol–water partition coefficient (Wildman–Crippen LogP) is 2.77. The molecule has 0 atom stereocenters. The van der Waals surface area contributed by atoms with E-state index in [1.54, 1.807) is 24.3 Å². The highest BCUT2D eigenvalue weighted by molar-refractivity contribution is 6.32. The van der Waals surface area contributed by atoms with E-state index in [0.717, 1.165) is 5.56 Å². The Balaban J connectivity index is 1.88. The van der Waals surface area contributed by atoms with E-state index in [4.69, 9.17) is 26.2 Å². The Morgan fingerprint density at radius 3 is 2.82 bits per heavy atom. The lowest BCUT2D eigenvalue weighted by molar-refractivity contribution is 0.0690. The van der Waals surface area contributed by atoms with Gasteiger partial charge in [-0.3, -0.25) is 0 Å². The number of carboxylic acids is 1. The van der Waals surface area contributed by atoms with E-state index in [9.17, 15) is 4.79 Å². The van der Waals surface area contributed by atoms with Crippen LogP contribution in [0.4, 0.5) is 0 Å². The van der Waals surface area contributed by atoms with Gasteiger partial charge in [0.2, 0.25) is 0 Å². The largest absolute Gasteiger partial charge is 0.486 e. The molecular weight excluding hydrogens is 308 g/mol. The lowest BCUT2D eigenvalue weighted by atomic mass is 10.1. The number of carbonyl (C=O) groups is 1. The van der Waals surface area contributed by atoms with Crippen molar-refractivity contribution in [1.82, 2.24) is 9.97 Å². The number of benzene rings is 1. The molecule has 1 aliphatic heterocycles. The van der Waals surface area contributed by atoms with E-state index < -0.39 is 5.97 Å². The maximum Gasteiger partial charge on any atom is 0.354 e. The third kappa shape index (κ3) is 3.01. The number of ether oxygens (including phenoxy) is 2. The Bertz CT molecular complexity index is 761. The molecule has 1 aromatic heterocycles. The van der Waals surface area contributed by atoms with Crippen LogP contribution in [0.2, 0.25) is 5.02 Å². The minimum Gasteiger partial charge on any atom is -0.486 e. The molecule has 0 saturated carbocycles. The van der Waals surface area contributed by atoms with Gasteiger partial charge in [0.1, 0.15) is 19.5 Å². The number of fused-ring (bicyclic) bond motifs is 1. The molecule has 112 valence electrons. The number of hydrogen-bond donors (Lipinski definition) is 1. The van der Waals surface area contributed by atoms with Gasteiger partial charge in [-0.2, -0.15) is 0 Å². The van der Waals surface area contributed by atoms with Crippen LogP contribution >= 0.6 is 11.6 Å². The summed E-state index contributed by atoms with van der Waals surface area (Å²) in [7, 11) is 0. The van der Waals surface area contributed by atoms with Crippen molar-refractivity contribution in [2.75, 3.05) is 13.2 Å². The summed E-state index contributed by atoms with van der Waals surface area (Å²) in [6.45, 7) is 0.950. The van der Waals surface area contributed by atoms with Crippen molar-refractivity contribution < 1.29 is 19.4 Å². The van der Waals surface area contributed by atoms with Gasteiger partial charge in [0.05, 0.1) is 10.7 Å². The van der Waals surface area contributed by atoms with Crippen molar-refractivity contribution in [2.45, 2.75) is 0 Å². The van der Waals surface area contributed by atoms with Gasteiger partial charge in [-0.1, -0.05) is 17.7 Å². The molecule has 6 nitrogen and oxygen atoms in total. The smallest absolute Gasteiger partial charge is 0.354 e. The van der Waals surface area contributed by atoms with E-state index in [-0.39, 0.29) is 5.69 Å². The van der Waals surface area contributed by atoms with Gasteiger partial charge in [0, 0.05) is 0 Å². The van der Waals surface area contributed by atoms with Gasteiger partial charge >= 0.3 is 5.97 Å². The van der Waals surface area contributed by atoms with Crippen molar-refractivity contribution in [1.29, 1.82) is 0 Å². The average Bonchev–Trinajstić information content (AvgIpc) is 2.53. The molecule has 2 heterocycles. The lowest BCUT2D eigenvalue weighted by Gasteiger charge is -2.19. The molecule has 1 aromatic carbocycles. The van der Waals surface area contributed by atoms with Gasteiger partial charge in [-0.05, 0) is 29.8 Å². The summed E-state index contributed by atoms with van der Waals surface area (Å²) < 4.78 is 10.9. The fourth-order valence-corrected chi connectivity index (χ4v) is 2.26. The SMILES string of the molecule is O=C(O)c1cc(C=Cc2cc(Cl)c3c(c2)OCCO3)ncn1. The highest BCUT2D eigenvalue weighted by Gasteiger charge is 2.15. The number of carboxylic acid groups (broad SMARTS) is 1. The molecule has 22 heavy (non-hydrogen) atoms. The second-order valence-corrected chi connectivity index (χ2v) is 4.90. The zero-order valence-corrected chi connectivity index (χ0v) is 12.1. The van der Waals surface area contributed by atoms with Crippen LogP contribution in [0.5, 0.6) is 11.5 Å². The minimum atomic E-state index is -1.10. The van der Waals surface area contributed by atoms with Gasteiger partial charge < -0.3 is 14.6 Å². The maximum atomic E-state index is 10.9. The topological polar surface area (TPSA) is 81.5 Å². The van der Waals surface area contributed by atoms with Crippen LogP contribution in [0.15, 0.2) is 24.5 Å². The lowest BCUT2D eigenvalue weighted by Crippen LogP contribution is -2.15. The average molecular weight is 319 g/mol. The van der Waals surface area contributed by atoms with Crippen LogP contribution in [-0.4, -0.2) is 34.3 Å². The third-order valence-electron chi connectivity index (χ3n) is 2.97. The van der Waals surface area contributed by atoms with E-state index in [0.29, 0.717) is 35.4 Å². The van der Waals surface area contributed by atoms with Crippen LogP contribution in [0.25, 0.3) is 12.2 Å². The predicted molar refractivity (Wildman–Crippen MR) is 80.4 cm³/mol. The van der Waals surface area contributed by atoms with Crippen LogP contribution in [0, 0.1) is 0 Å². The Morgan fingerprint density at radius 2 is 2.00 bits per heavy atom. The molecule has 0 amide bonds. The number of aromatic carboxylic acids is 1. The van der Waals surface area contributed by atoms with E-state index in [1.165, 1.54) is 12.4 Å². The molecule has 0 unspecified atom stereocenters. The highest BCUT2D eigenvalue weighted by atomic mass is 35.5. The van der Waals surface area contributed by atoms with E-state index >= 15 is 0 Å². The zero-order valence-electron chi connectivity index (χ0n) is 11.3. The number of hydrogen-bond acceptors (Lipinski definition) is 5. The van der Waals surface area contributed by atoms with Crippen molar-refractivity contribution in [3.63, 3.8) is 0 Å². The quantitative estimate of drug-likeness (QED) is 0.937. The monoisotopic (exact) mass is 318 g/mol. The zero-order chi connectivity index (χ0) is 15.5. The number of rotatable bonds is 3. The second-order valence-electron chi connectivity index (χ2n) is 4.49. The van der Waals surface area contributed by atoms with E-state index in [2.05, 4.69) is 9.97 Å². The molecule has 0 aliphatic carbocycles. The first-order valence-corrected chi connectivity index (χ1v) is 6.84. The summed E-state index contributed by atoms with van der Waals surface area (Å²) in [5.74, 6) is 0.0343. The van der Waals surface area contributed by atoms with Crippen LogP contribution in [0.3, 0.4) is 0 Å². The van der Waals surface area contributed by atoms with Crippen LogP contribution < -0.4 is 9.47 Å². The maximum absolute atomic E-state index is 10.9. The van der Waals surface area contributed by atoms with Crippen molar-refractivity contribution in [2.24, 2.45) is 0 Å². The van der Waals surface area contributed by atoms with Crippen LogP contribution in [0.1, 0.15) is 21.7 Å². The number of halogens is 1. The van der Waals surface area contributed by atoms with Gasteiger partial charge in [-0.15, -0.1) is 0 Å². The van der Waals surface area contributed by atoms with Crippen LogP contribution in [-0.2, 0) is 0 Å². The molecule has 0 bridgehead atoms. The molecule has 1 N–H and O–H groups in total. The summed E-state index contributed by atoms with van der Waals surface area (Å²) in [5.41, 5.74) is 1.22. The molecule has 0 radical (unpaired) electrons. The van der Waals surface area contributed by atoms with Gasteiger partial charge in [0.25, 0.3) is 0 Å². The summed E-state index contributed by atoms with van der Waals surface area (Å²) in [6, 6.07) is 4.93. The van der Waals surface area contributed by atoms with Crippen molar-refractivity contribution in [3.8, 4) is 11.5 Å². The Hall–Kier alpha value is -2.60. The Kier molecular flexibility index (Phi) is 3.93. The fraction of sp³-hybridized carbons (Fsp3) is 0.133. The molecule has 0 spiro atoms. The van der Waals surface area contributed by atoms with E-state index in [1.807, 2.05) is 0 Å². The first-order valence-electron chi connectivity index (χ1n) is 6.46. The molecule has 7 heteroatoms.